The summed E-state index contributed by atoms with van der Waals surface area (Å²) in [6.45, 7) is 3.93. The van der Waals surface area contributed by atoms with Gasteiger partial charge >= 0.3 is 0 Å². The van der Waals surface area contributed by atoms with Crippen LogP contribution < -0.4 is 0 Å². The molecule has 0 bridgehead atoms. The molecule has 0 radical (unpaired) electrons. The lowest BCUT2D eigenvalue weighted by molar-refractivity contribution is 0.00190. The summed E-state index contributed by atoms with van der Waals surface area (Å²) in [5.74, 6) is -0.0813. The summed E-state index contributed by atoms with van der Waals surface area (Å²) in [4.78, 5) is 0. The van der Waals surface area contributed by atoms with Gasteiger partial charge in [0.15, 0.2) is 0 Å². The first-order valence-corrected chi connectivity index (χ1v) is 5.14. The van der Waals surface area contributed by atoms with Crippen LogP contribution in [0, 0.1) is 5.92 Å². The summed E-state index contributed by atoms with van der Waals surface area (Å²) >= 11 is 0. The molecule has 3 nitrogen and oxygen atoms in total. The molecule has 0 fully saturated rings. The van der Waals surface area contributed by atoms with Gasteiger partial charge in [-0.05, 0) is 25.7 Å². The largest absolute Gasteiger partial charge is 0.396 e. The van der Waals surface area contributed by atoms with E-state index in [-0.39, 0.29) is 12.5 Å². The summed E-state index contributed by atoms with van der Waals surface area (Å²) in [6.07, 6.45) is 1.78. The van der Waals surface area contributed by atoms with Crippen molar-refractivity contribution in [3.8, 4) is 0 Å². The molecule has 0 amide bonds. The Morgan fingerprint density at radius 3 is 1.77 bits per heavy atom. The van der Waals surface area contributed by atoms with E-state index in [0.717, 1.165) is 0 Å². The topological polar surface area (TPSA) is 60.7 Å². The maximum Gasteiger partial charge on any atom is 0.0590 e. The molecule has 3 N–H and O–H groups in total. The third kappa shape index (κ3) is 4.60. The first-order valence-electron chi connectivity index (χ1n) is 5.14. The summed E-state index contributed by atoms with van der Waals surface area (Å²) in [6, 6.07) is 0. The van der Waals surface area contributed by atoms with Crippen molar-refractivity contribution in [1.29, 1.82) is 0 Å². The van der Waals surface area contributed by atoms with Crippen molar-refractivity contribution in [1.82, 2.24) is 0 Å². The summed E-state index contributed by atoms with van der Waals surface area (Å²) in [5.41, 5.74) is 0. The fourth-order valence-electron chi connectivity index (χ4n) is 1.57. The number of hydrogen-bond acceptors (Lipinski definition) is 3. The Labute approximate surface area is 80.4 Å². The van der Waals surface area contributed by atoms with Crippen molar-refractivity contribution in [3.05, 3.63) is 0 Å². The first kappa shape index (κ1) is 12.9. The fourth-order valence-corrected chi connectivity index (χ4v) is 1.57. The normalized spacial score (nSPS) is 18.2. The molecule has 0 heterocycles. The molecular formula is C10H22O3. The second-order valence-electron chi connectivity index (χ2n) is 3.48. The third-order valence-corrected chi connectivity index (χ3v) is 2.52. The van der Waals surface area contributed by atoms with Crippen LogP contribution in [0.25, 0.3) is 0 Å². The lowest BCUT2D eigenvalue weighted by Crippen LogP contribution is -2.31. The molecule has 0 saturated heterocycles. The molecule has 0 saturated carbocycles. The molecule has 0 aromatic heterocycles. The highest BCUT2D eigenvalue weighted by atomic mass is 16.3. The van der Waals surface area contributed by atoms with Crippen LogP contribution in [-0.4, -0.2) is 34.1 Å². The van der Waals surface area contributed by atoms with E-state index in [1.54, 1.807) is 0 Å². The van der Waals surface area contributed by atoms with Gasteiger partial charge in [0, 0.05) is 12.5 Å². The van der Waals surface area contributed by atoms with E-state index in [4.69, 9.17) is 5.11 Å². The van der Waals surface area contributed by atoms with E-state index < -0.39 is 12.2 Å². The molecule has 0 spiro atoms. The molecule has 13 heavy (non-hydrogen) atoms. The highest BCUT2D eigenvalue weighted by molar-refractivity contribution is 4.74. The average Bonchev–Trinajstić information content (AvgIpc) is 2.17. The zero-order valence-electron chi connectivity index (χ0n) is 8.61. The molecule has 0 aromatic rings. The number of hydrogen-bond donors (Lipinski definition) is 3. The first-order chi connectivity index (χ1) is 6.17. The Balaban J connectivity index is 4.01. The SMILES string of the molecule is CCC(O)C(CCCO)C(O)CC. The molecular weight excluding hydrogens is 168 g/mol. The second-order valence-corrected chi connectivity index (χ2v) is 3.48. The van der Waals surface area contributed by atoms with Gasteiger partial charge in [-0.3, -0.25) is 0 Å². The zero-order chi connectivity index (χ0) is 10.3. The number of aliphatic hydroxyl groups is 3. The van der Waals surface area contributed by atoms with Crippen molar-refractivity contribution in [2.24, 2.45) is 5.92 Å². The summed E-state index contributed by atoms with van der Waals surface area (Å²) < 4.78 is 0. The minimum atomic E-state index is -0.443. The quantitative estimate of drug-likeness (QED) is 0.559. The molecule has 3 heteroatoms. The van der Waals surface area contributed by atoms with Gasteiger partial charge in [-0.15, -0.1) is 0 Å². The van der Waals surface area contributed by atoms with Crippen LogP contribution >= 0.6 is 0 Å². The molecule has 0 aliphatic rings. The lowest BCUT2D eigenvalue weighted by Gasteiger charge is -2.26. The maximum absolute atomic E-state index is 9.60. The monoisotopic (exact) mass is 190 g/mol. The van der Waals surface area contributed by atoms with Crippen LogP contribution in [0.2, 0.25) is 0 Å². The van der Waals surface area contributed by atoms with Gasteiger partial charge in [-0.2, -0.15) is 0 Å². The zero-order valence-corrected chi connectivity index (χ0v) is 8.61. The van der Waals surface area contributed by atoms with E-state index in [0.29, 0.717) is 25.7 Å². The average molecular weight is 190 g/mol. The molecule has 2 atom stereocenters. The molecule has 0 rings (SSSR count). The van der Waals surface area contributed by atoms with Crippen LogP contribution in [0.1, 0.15) is 39.5 Å². The van der Waals surface area contributed by atoms with Gasteiger partial charge in [-0.25, -0.2) is 0 Å². The van der Waals surface area contributed by atoms with Gasteiger partial charge in [0.25, 0.3) is 0 Å². The third-order valence-electron chi connectivity index (χ3n) is 2.52. The van der Waals surface area contributed by atoms with Gasteiger partial charge in [-0.1, -0.05) is 13.8 Å². The fraction of sp³-hybridized carbons (Fsp3) is 1.00. The van der Waals surface area contributed by atoms with Crippen LogP contribution in [0.4, 0.5) is 0 Å². The number of rotatable bonds is 7. The minimum Gasteiger partial charge on any atom is -0.396 e. The number of aliphatic hydroxyl groups excluding tert-OH is 3. The molecule has 0 aliphatic heterocycles. The molecule has 2 unspecified atom stereocenters. The molecule has 0 aromatic carbocycles. The van der Waals surface area contributed by atoms with Crippen LogP contribution in [-0.2, 0) is 0 Å². The Morgan fingerprint density at radius 2 is 1.46 bits per heavy atom. The van der Waals surface area contributed by atoms with Gasteiger partial charge < -0.3 is 15.3 Å². The Morgan fingerprint density at radius 1 is 1.00 bits per heavy atom. The van der Waals surface area contributed by atoms with E-state index in [1.165, 1.54) is 0 Å². The van der Waals surface area contributed by atoms with Crippen LogP contribution in [0.15, 0.2) is 0 Å². The minimum absolute atomic E-state index is 0.0813. The molecule has 80 valence electrons. The van der Waals surface area contributed by atoms with Crippen LogP contribution in [0.3, 0.4) is 0 Å². The van der Waals surface area contributed by atoms with E-state index in [9.17, 15) is 10.2 Å². The van der Waals surface area contributed by atoms with Crippen molar-refractivity contribution in [2.75, 3.05) is 6.61 Å². The standard InChI is InChI=1S/C10H22O3/c1-3-9(12)8(6-5-7-11)10(13)4-2/h8-13H,3-7H2,1-2H3. The second kappa shape index (κ2) is 7.30. The predicted octanol–water partition coefficient (Wildman–Crippen LogP) is 0.917. The van der Waals surface area contributed by atoms with E-state index in [1.807, 2.05) is 13.8 Å². The van der Waals surface area contributed by atoms with Crippen molar-refractivity contribution in [2.45, 2.75) is 51.7 Å². The lowest BCUT2D eigenvalue weighted by atomic mass is 9.88. The highest BCUT2D eigenvalue weighted by Gasteiger charge is 2.23. The van der Waals surface area contributed by atoms with Crippen LogP contribution in [0.5, 0.6) is 0 Å². The van der Waals surface area contributed by atoms with E-state index in [2.05, 4.69) is 0 Å². The summed E-state index contributed by atoms with van der Waals surface area (Å²) in [7, 11) is 0. The predicted molar refractivity (Wildman–Crippen MR) is 52.4 cm³/mol. The smallest absolute Gasteiger partial charge is 0.0590 e. The van der Waals surface area contributed by atoms with E-state index >= 15 is 0 Å². The van der Waals surface area contributed by atoms with Crippen molar-refractivity contribution in [3.63, 3.8) is 0 Å². The molecule has 0 aliphatic carbocycles. The van der Waals surface area contributed by atoms with Gasteiger partial charge in [0.2, 0.25) is 0 Å². The van der Waals surface area contributed by atoms with Crippen molar-refractivity contribution < 1.29 is 15.3 Å². The maximum atomic E-state index is 9.60. The highest BCUT2D eigenvalue weighted by Crippen LogP contribution is 2.20. The Kier molecular flexibility index (Phi) is 7.23. The summed E-state index contributed by atoms with van der Waals surface area (Å²) in [5, 5.41) is 27.9. The Hall–Kier alpha value is -0.120. The van der Waals surface area contributed by atoms with Crippen molar-refractivity contribution >= 4 is 0 Å². The van der Waals surface area contributed by atoms with Gasteiger partial charge in [0.05, 0.1) is 12.2 Å². The Bertz CT molecular complexity index is 107. The van der Waals surface area contributed by atoms with Gasteiger partial charge in [0.1, 0.15) is 0 Å².